The molecule has 1 heterocycles. The van der Waals surface area contributed by atoms with Crippen LogP contribution in [-0.2, 0) is 11.2 Å². The van der Waals surface area contributed by atoms with Gasteiger partial charge in [0.1, 0.15) is 0 Å². The van der Waals surface area contributed by atoms with Crippen LogP contribution in [-0.4, -0.2) is 49.6 Å². The first kappa shape index (κ1) is 23.6. The van der Waals surface area contributed by atoms with Crippen LogP contribution < -0.4 is 14.8 Å². The molecule has 0 aromatic heterocycles. The summed E-state index contributed by atoms with van der Waals surface area (Å²) in [5.74, 6) is 1.42. The van der Waals surface area contributed by atoms with Gasteiger partial charge >= 0.3 is 0 Å². The van der Waals surface area contributed by atoms with Crippen LogP contribution in [0.2, 0.25) is 0 Å². The summed E-state index contributed by atoms with van der Waals surface area (Å²) < 4.78 is 10.7. The lowest BCUT2D eigenvalue weighted by Gasteiger charge is -2.36. The molecule has 0 saturated carbocycles. The number of aryl methyl sites for hydroxylation is 1. The average molecular weight is 439 g/mol. The molecular weight excluding hydrogens is 404 g/mol. The summed E-state index contributed by atoms with van der Waals surface area (Å²) in [6.45, 7) is 2.68. The van der Waals surface area contributed by atoms with Crippen LogP contribution in [0, 0.1) is 0 Å². The quantitative estimate of drug-likeness (QED) is 0.636. The van der Waals surface area contributed by atoms with Gasteiger partial charge < -0.3 is 19.7 Å². The van der Waals surface area contributed by atoms with E-state index in [-0.39, 0.29) is 23.9 Å². The zero-order valence-electron chi connectivity index (χ0n) is 19.3. The van der Waals surface area contributed by atoms with Gasteiger partial charge in [-0.2, -0.15) is 0 Å². The first-order valence-corrected chi connectivity index (χ1v) is 11.4. The Kier molecular flexibility index (Phi) is 8.54. The average Bonchev–Trinajstić information content (AvgIpc) is 2.83. The molecule has 2 aromatic rings. The molecule has 1 aliphatic rings. The van der Waals surface area contributed by atoms with Gasteiger partial charge in [0, 0.05) is 30.6 Å². The topological polar surface area (TPSA) is 67.9 Å². The summed E-state index contributed by atoms with van der Waals surface area (Å²) in [6, 6.07) is 15.1. The summed E-state index contributed by atoms with van der Waals surface area (Å²) in [4.78, 5) is 27.5. The molecule has 32 heavy (non-hydrogen) atoms. The number of benzene rings is 2. The van der Waals surface area contributed by atoms with E-state index in [4.69, 9.17) is 9.47 Å². The Morgan fingerprint density at radius 2 is 1.81 bits per heavy atom. The summed E-state index contributed by atoms with van der Waals surface area (Å²) >= 11 is 0. The van der Waals surface area contributed by atoms with Gasteiger partial charge in [-0.05, 0) is 68.9 Å². The van der Waals surface area contributed by atoms with Gasteiger partial charge in [-0.25, -0.2) is 0 Å². The predicted octanol–water partition coefficient (Wildman–Crippen LogP) is 4.23. The smallest absolute Gasteiger partial charge is 0.251 e. The number of methoxy groups -OCH3 is 2. The molecule has 0 aliphatic carbocycles. The van der Waals surface area contributed by atoms with E-state index < -0.39 is 0 Å². The molecule has 1 fully saturated rings. The molecule has 1 aliphatic heterocycles. The molecule has 2 atom stereocenters. The van der Waals surface area contributed by atoms with Crippen LogP contribution in [0.5, 0.6) is 11.5 Å². The normalized spacial score (nSPS) is 16.8. The van der Waals surface area contributed by atoms with Crippen molar-refractivity contribution in [1.82, 2.24) is 10.2 Å². The number of amides is 2. The Bertz CT molecular complexity index is 900. The van der Waals surface area contributed by atoms with Crippen LogP contribution in [0.4, 0.5) is 0 Å². The maximum atomic E-state index is 13.1. The number of likely N-dealkylation sites (tertiary alicyclic amines) is 1. The zero-order valence-corrected chi connectivity index (χ0v) is 19.3. The van der Waals surface area contributed by atoms with Crippen molar-refractivity contribution in [3.8, 4) is 11.5 Å². The number of hydrogen-bond acceptors (Lipinski definition) is 4. The second kappa shape index (κ2) is 11.6. The highest BCUT2D eigenvalue weighted by Gasteiger charge is 2.27. The summed E-state index contributed by atoms with van der Waals surface area (Å²) in [6.07, 6.45) is 5.28. The van der Waals surface area contributed by atoms with E-state index in [1.54, 1.807) is 26.4 Å². The van der Waals surface area contributed by atoms with Gasteiger partial charge in [0.2, 0.25) is 5.91 Å². The number of nitrogens with one attached hydrogen (secondary N) is 1. The molecule has 2 amide bonds. The van der Waals surface area contributed by atoms with Crippen molar-refractivity contribution in [1.29, 1.82) is 0 Å². The Hall–Kier alpha value is -3.02. The summed E-state index contributed by atoms with van der Waals surface area (Å²) in [5, 5.41) is 2.95. The molecule has 172 valence electrons. The lowest BCUT2D eigenvalue weighted by Crippen LogP contribution is -2.46. The molecule has 3 rings (SSSR count). The Morgan fingerprint density at radius 1 is 1.06 bits per heavy atom. The van der Waals surface area contributed by atoms with Crippen molar-refractivity contribution < 1.29 is 19.1 Å². The largest absolute Gasteiger partial charge is 0.493 e. The van der Waals surface area contributed by atoms with Crippen molar-refractivity contribution in [3.05, 3.63) is 59.7 Å². The highest BCUT2D eigenvalue weighted by Crippen LogP contribution is 2.29. The van der Waals surface area contributed by atoms with E-state index in [2.05, 4.69) is 11.4 Å². The molecule has 6 heteroatoms. The third-order valence-electron chi connectivity index (χ3n) is 6.06. The molecule has 1 N–H and O–H groups in total. The standard InChI is InChI=1S/C26H34N2O4/c1-19(27-26(30)21-9-5-4-6-10-21)17-25(29)28-16-8-7-11-22(28)14-12-20-13-15-23(31-2)24(18-20)32-3/h4-6,9-10,13,15,18-19,22H,7-8,11-12,14,16-17H2,1-3H3,(H,27,30). The molecule has 0 bridgehead atoms. The number of ether oxygens (including phenoxy) is 2. The molecule has 2 unspecified atom stereocenters. The number of hydrogen-bond donors (Lipinski definition) is 1. The SMILES string of the molecule is COc1ccc(CCC2CCCCN2C(=O)CC(C)NC(=O)c2ccccc2)cc1OC. The third-order valence-corrected chi connectivity index (χ3v) is 6.06. The second-order valence-corrected chi connectivity index (χ2v) is 8.41. The van der Waals surface area contributed by atoms with Crippen molar-refractivity contribution in [2.45, 2.75) is 57.5 Å². The summed E-state index contributed by atoms with van der Waals surface area (Å²) in [5.41, 5.74) is 1.78. The maximum Gasteiger partial charge on any atom is 0.251 e. The van der Waals surface area contributed by atoms with Gasteiger partial charge in [0.15, 0.2) is 11.5 Å². The van der Waals surface area contributed by atoms with Crippen LogP contribution in [0.3, 0.4) is 0 Å². The van der Waals surface area contributed by atoms with Gasteiger partial charge in [0.25, 0.3) is 5.91 Å². The van der Waals surface area contributed by atoms with E-state index in [1.807, 2.05) is 42.2 Å². The van der Waals surface area contributed by atoms with Gasteiger partial charge in [0.05, 0.1) is 14.2 Å². The predicted molar refractivity (Wildman–Crippen MR) is 125 cm³/mol. The minimum atomic E-state index is -0.219. The summed E-state index contributed by atoms with van der Waals surface area (Å²) in [7, 11) is 3.27. The van der Waals surface area contributed by atoms with E-state index >= 15 is 0 Å². The lowest BCUT2D eigenvalue weighted by molar-refractivity contribution is -0.135. The van der Waals surface area contributed by atoms with E-state index in [1.165, 1.54) is 5.56 Å². The number of piperidine rings is 1. The monoisotopic (exact) mass is 438 g/mol. The Morgan fingerprint density at radius 3 is 2.53 bits per heavy atom. The fourth-order valence-electron chi connectivity index (χ4n) is 4.33. The third kappa shape index (κ3) is 6.25. The lowest BCUT2D eigenvalue weighted by atomic mass is 9.95. The Labute approximate surface area is 190 Å². The molecule has 0 spiro atoms. The number of carbonyl (C=O) groups excluding carboxylic acids is 2. The van der Waals surface area contributed by atoms with Crippen molar-refractivity contribution in [3.63, 3.8) is 0 Å². The van der Waals surface area contributed by atoms with Crippen molar-refractivity contribution in [2.75, 3.05) is 20.8 Å². The minimum Gasteiger partial charge on any atom is -0.493 e. The van der Waals surface area contributed by atoms with Gasteiger partial charge in [-0.1, -0.05) is 24.3 Å². The minimum absolute atomic E-state index is 0.114. The van der Waals surface area contributed by atoms with Gasteiger partial charge in [-0.15, -0.1) is 0 Å². The molecule has 6 nitrogen and oxygen atoms in total. The van der Waals surface area contributed by atoms with E-state index in [0.29, 0.717) is 12.0 Å². The highest BCUT2D eigenvalue weighted by molar-refractivity contribution is 5.94. The highest BCUT2D eigenvalue weighted by atomic mass is 16.5. The molecule has 0 radical (unpaired) electrons. The second-order valence-electron chi connectivity index (χ2n) is 8.41. The zero-order chi connectivity index (χ0) is 22.9. The number of rotatable bonds is 9. The molecular formula is C26H34N2O4. The fraction of sp³-hybridized carbons (Fsp3) is 0.462. The van der Waals surface area contributed by atoms with Crippen molar-refractivity contribution in [2.24, 2.45) is 0 Å². The van der Waals surface area contributed by atoms with Crippen LogP contribution in [0.15, 0.2) is 48.5 Å². The first-order valence-electron chi connectivity index (χ1n) is 11.4. The van der Waals surface area contributed by atoms with E-state index in [9.17, 15) is 9.59 Å². The van der Waals surface area contributed by atoms with Gasteiger partial charge in [-0.3, -0.25) is 9.59 Å². The maximum absolute atomic E-state index is 13.1. The number of carbonyl (C=O) groups is 2. The Balaban J connectivity index is 1.56. The van der Waals surface area contributed by atoms with E-state index in [0.717, 1.165) is 50.1 Å². The first-order chi connectivity index (χ1) is 15.5. The van der Waals surface area contributed by atoms with Crippen molar-refractivity contribution >= 4 is 11.8 Å². The molecule has 1 saturated heterocycles. The van der Waals surface area contributed by atoms with Crippen LogP contribution in [0.1, 0.15) is 54.9 Å². The van der Waals surface area contributed by atoms with Crippen LogP contribution >= 0.6 is 0 Å². The van der Waals surface area contributed by atoms with Crippen LogP contribution in [0.25, 0.3) is 0 Å². The molecule has 2 aromatic carbocycles. The number of nitrogens with zero attached hydrogens (tertiary/aromatic N) is 1. The fourth-order valence-corrected chi connectivity index (χ4v) is 4.33.